The largest absolute Gasteiger partial charge is 0.550 e. The molecule has 0 aliphatic heterocycles. The van der Waals surface area contributed by atoms with Crippen molar-refractivity contribution in [1.82, 2.24) is 0 Å². The summed E-state index contributed by atoms with van der Waals surface area (Å²) in [5.74, 6) is -1.07. The number of carbonyl (C=O) groups excluding carboxylic acids is 2. The van der Waals surface area contributed by atoms with Crippen LogP contribution in [-0.4, -0.2) is 11.9 Å². The van der Waals surface area contributed by atoms with Gasteiger partial charge in [-0.1, -0.05) is 27.2 Å². The van der Waals surface area contributed by atoms with Crippen LogP contribution in [0.25, 0.3) is 0 Å². The number of anilines is 1. The van der Waals surface area contributed by atoms with Gasteiger partial charge in [0, 0.05) is 17.3 Å². The lowest BCUT2D eigenvalue weighted by Gasteiger charge is -2.36. The first-order chi connectivity index (χ1) is 11.3. The molecule has 0 aromatic carbocycles. The zero-order valence-electron chi connectivity index (χ0n) is 14.4. The molecule has 1 amide bonds. The Morgan fingerprint density at radius 3 is 2.71 bits per heavy atom. The molecule has 0 saturated carbocycles. The number of aliphatic carboxylic acids is 1. The van der Waals surface area contributed by atoms with E-state index in [1.807, 2.05) is 0 Å². The van der Waals surface area contributed by atoms with Crippen molar-refractivity contribution in [1.29, 1.82) is 5.26 Å². The summed E-state index contributed by atoms with van der Waals surface area (Å²) in [6, 6.07) is 2.21. The Bertz CT molecular complexity index is 685. The highest BCUT2D eigenvalue weighted by Gasteiger charge is 2.34. The molecule has 1 aromatic rings. The average Bonchev–Trinajstić information content (AvgIpc) is 2.88. The minimum absolute atomic E-state index is 0.138. The Kier molecular flexibility index (Phi) is 5.66. The van der Waals surface area contributed by atoms with E-state index in [2.05, 4.69) is 32.2 Å². The number of nitrogens with one attached hydrogen (secondary N) is 1. The molecule has 1 N–H and O–H groups in total. The van der Waals surface area contributed by atoms with Crippen LogP contribution in [0.15, 0.2) is 0 Å². The van der Waals surface area contributed by atoms with Crippen molar-refractivity contribution in [3.05, 3.63) is 16.0 Å². The molecule has 0 radical (unpaired) electrons. The maximum atomic E-state index is 11.9. The number of carbonyl (C=O) groups is 2. The van der Waals surface area contributed by atoms with Gasteiger partial charge in [-0.15, -0.1) is 11.3 Å². The fourth-order valence-electron chi connectivity index (χ4n) is 3.15. The number of hydrogen-bond acceptors (Lipinski definition) is 5. The van der Waals surface area contributed by atoms with E-state index in [0.717, 1.165) is 31.2 Å². The van der Waals surface area contributed by atoms with Gasteiger partial charge in [-0.3, -0.25) is 4.79 Å². The highest BCUT2D eigenvalue weighted by Crippen LogP contribution is 2.45. The average molecular weight is 347 g/mol. The summed E-state index contributed by atoms with van der Waals surface area (Å²) < 4.78 is 0. The Labute approximate surface area is 146 Å². The lowest BCUT2D eigenvalue weighted by Crippen LogP contribution is -2.28. The number of amides is 1. The van der Waals surface area contributed by atoms with Crippen molar-refractivity contribution in [2.75, 3.05) is 5.32 Å². The van der Waals surface area contributed by atoms with Gasteiger partial charge in [0.15, 0.2) is 0 Å². The van der Waals surface area contributed by atoms with Crippen LogP contribution >= 0.6 is 11.3 Å². The molecule has 1 aliphatic carbocycles. The van der Waals surface area contributed by atoms with Gasteiger partial charge in [0.05, 0.1) is 5.56 Å². The first kappa shape index (κ1) is 18.5. The second kappa shape index (κ2) is 7.35. The molecule has 0 fully saturated rings. The third kappa shape index (κ3) is 3.96. The van der Waals surface area contributed by atoms with E-state index >= 15 is 0 Å². The smallest absolute Gasteiger partial charge is 0.225 e. The van der Waals surface area contributed by atoms with Crippen molar-refractivity contribution in [3.63, 3.8) is 0 Å². The van der Waals surface area contributed by atoms with E-state index in [0.29, 0.717) is 16.5 Å². The maximum Gasteiger partial charge on any atom is 0.225 e. The van der Waals surface area contributed by atoms with E-state index in [4.69, 9.17) is 0 Å². The van der Waals surface area contributed by atoms with Gasteiger partial charge in [-0.05, 0) is 42.6 Å². The van der Waals surface area contributed by atoms with E-state index in [9.17, 15) is 20.0 Å². The molecule has 1 aromatic heterocycles. The van der Waals surface area contributed by atoms with Gasteiger partial charge in [-0.2, -0.15) is 5.26 Å². The molecule has 24 heavy (non-hydrogen) atoms. The summed E-state index contributed by atoms with van der Waals surface area (Å²) in [5.41, 5.74) is 1.86. The molecule has 6 heteroatoms. The van der Waals surface area contributed by atoms with Gasteiger partial charge in [0.1, 0.15) is 11.1 Å². The van der Waals surface area contributed by atoms with Gasteiger partial charge in [0.2, 0.25) is 5.91 Å². The van der Waals surface area contributed by atoms with Crippen molar-refractivity contribution in [3.8, 4) is 6.07 Å². The molecule has 1 heterocycles. The van der Waals surface area contributed by atoms with Crippen LogP contribution in [-0.2, 0) is 22.4 Å². The summed E-state index contributed by atoms with van der Waals surface area (Å²) in [5, 5.41) is 23.2. The van der Waals surface area contributed by atoms with Crippen LogP contribution in [0.3, 0.4) is 0 Å². The molecule has 0 spiro atoms. The number of nitrogens with zero attached hydrogens (tertiary/aromatic N) is 1. The normalized spacial score (nSPS) is 17.0. The number of nitriles is 1. The second-order valence-electron chi connectivity index (χ2n) is 7.02. The third-order valence-corrected chi connectivity index (χ3v) is 6.37. The molecule has 130 valence electrons. The van der Waals surface area contributed by atoms with E-state index in [1.165, 1.54) is 16.2 Å². The SMILES string of the molecule is CCC(C)(C)[C@H]1CCc2c(sc(NC(=O)CCC(=O)[O-])c2C#N)C1. The van der Waals surface area contributed by atoms with E-state index < -0.39 is 5.97 Å². The third-order valence-electron chi connectivity index (χ3n) is 5.20. The lowest BCUT2D eigenvalue weighted by atomic mass is 9.69. The van der Waals surface area contributed by atoms with Crippen LogP contribution in [0.2, 0.25) is 0 Å². The highest BCUT2D eigenvalue weighted by molar-refractivity contribution is 7.16. The van der Waals surface area contributed by atoms with Crippen LogP contribution < -0.4 is 10.4 Å². The minimum atomic E-state index is -1.25. The van der Waals surface area contributed by atoms with Crippen LogP contribution in [0, 0.1) is 22.7 Å². The molecule has 0 saturated heterocycles. The topological polar surface area (TPSA) is 93.0 Å². The molecule has 1 aliphatic rings. The minimum Gasteiger partial charge on any atom is -0.550 e. The molecule has 0 unspecified atom stereocenters. The van der Waals surface area contributed by atoms with Crippen molar-refractivity contribution in [2.45, 2.75) is 59.3 Å². The fraction of sp³-hybridized carbons (Fsp3) is 0.611. The zero-order chi connectivity index (χ0) is 17.9. The second-order valence-corrected chi connectivity index (χ2v) is 8.13. The summed E-state index contributed by atoms with van der Waals surface area (Å²) >= 11 is 1.46. The number of fused-ring (bicyclic) bond motifs is 1. The molecule has 2 rings (SSSR count). The molecular weight excluding hydrogens is 324 g/mol. The molecular formula is C18H23N2O3S-. The Hall–Kier alpha value is -1.87. The summed E-state index contributed by atoms with van der Waals surface area (Å²) in [6.07, 6.45) is 3.50. The fourth-order valence-corrected chi connectivity index (χ4v) is 4.45. The summed E-state index contributed by atoms with van der Waals surface area (Å²) in [6.45, 7) is 6.77. The first-order valence-corrected chi connectivity index (χ1v) is 9.14. The molecule has 5 nitrogen and oxygen atoms in total. The van der Waals surface area contributed by atoms with E-state index in [1.54, 1.807) is 0 Å². The van der Waals surface area contributed by atoms with Gasteiger partial charge >= 0.3 is 0 Å². The summed E-state index contributed by atoms with van der Waals surface area (Å²) in [7, 11) is 0. The molecule has 1 atom stereocenters. The van der Waals surface area contributed by atoms with Gasteiger partial charge in [-0.25, -0.2) is 0 Å². The van der Waals surface area contributed by atoms with Gasteiger partial charge < -0.3 is 15.2 Å². The maximum absolute atomic E-state index is 11.9. The summed E-state index contributed by atoms with van der Waals surface area (Å²) in [4.78, 5) is 23.5. The van der Waals surface area contributed by atoms with Crippen molar-refractivity contribution < 1.29 is 14.7 Å². The number of carboxylic acid groups (broad SMARTS) is 1. The quantitative estimate of drug-likeness (QED) is 0.856. The van der Waals surface area contributed by atoms with E-state index in [-0.39, 0.29) is 24.2 Å². The standard InChI is InChI=1S/C18H24N2O3S/c1-4-18(2,3)11-5-6-12-13(10-19)17(24-14(12)9-11)20-15(21)7-8-16(22)23/h11H,4-9H2,1-3H3,(H,20,21)(H,22,23)/p-1/t11-/m0/s1. The number of hydrogen-bond donors (Lipinski definition) is 1. The van der Waals surface area contributed by atoms with Crippen LogP contribution in [0.4, 0.5) is 5.00 Å². The predicted molar refractivity (Wildman–Crippen MR) is 91.5 cm³/mol. The Morgan fingerprint density at radius 2 is 2.12 bits per heavy atom. The first-order valence-electron chi connectivity index (χ1n) is 8.32. The number of carboxylic acids is 1. The van der Waals surface area contributed by atoms with Crippen LogP contribution in [0.5, 0.6) is 0 Å². The Morgan fingerprint density at radius 1 is 1.42 bits per heavy atom. The highest BCUT2D eigenvalue weighted by atomic mass is 32.1. The molecule has 0 bridgehead atoms. The van der Waals surface area contributed by atoms with Crippen molar-refractivity contribution >= 4 is 28.2 Å². The number of rotatable bonds is 6. The van der Waals surface area contributed by atoms with Crippen LogP contribution in [0.1, 0.15) is 62.5 Å². The lowest BCUT2D eigenvalue weighted by molar-refractivity contribution is -0.305. The number of thiophene rings is 1. The predicted octanol–water partition coefficient (Wildman–Crippen LogP) is 2.63. The Balaban J connectivity index is 2.18. The monoisotopic (exact) mass is 347 g/mol. The van der Waals surface area contributed by atoms with Gasteiger partial charge in [0.25, 0.3) is 0 Å². The zero-order valence-corrected chi connectivity index (χ0v) is 15.2. The van der Waals surface area contributed by atoms with Crippen molar-refractivity contribution in [2.24, 2.45) is 11.3 Å².